The Kier molecular flexibility index (Phi) is 3.13. The van der Waals surface area contributed by atoms with Crippen LogP contribution in [-0.2, 0) is 0 Å². The van der Waals surface area contributed by atoms with E-state index in [2.05, 4.69) is 26.2 Å². The summed E-state index contributed by atoms with van der Waals surface area (Å²) in [6, 6.07) is 0.573. The zero-order valence-corrected chi connectivity index (χ0v) is 8.56. The number of nitrogens with one attached hydrogen (secondary N) is 1. The highest BCUT2D eigenvalue weighted by molar-refractivity contribution is 4.85. The van der Waals surface area contributed by atoms with Crippen LogP contribution in [-0.4, -0.2) is 6.04 Å². The highest BCUT2D eigenvalue weighted by Crippen LogP contribution is 2.35. The lowest BCUT2D eigenvalue weighted by Crippen LogP contribution is -2.37. The summed E-state index contributed by atoms with van der Waals surface area (Å²) in [7, 11) is 0. The van der Waals surface area contributed by atoms with E-state index in [-0.39, 0.29) is 0 Å². The summed E-state index contributed by atoms with van der Waals surface area (Å²) in [5.74, 6) is 6.37. The van der Waals surface area contributed by atoms with Crippen molar-refractivity contribution in [2.24, 2.45) is 17.2 Å². The monoisotopic (exact) mass is 170 g/mol. The van der Waals surface area contributed by atoms with E-state index in [9.17, 15) is 0 Å². The van der Waals surface area contributed by atoms with Crippen LogP contribution in [0, 0.1) is 11.3 Å². The van der Waals surface area contributed by atoms with Gasteiger partial charge in [-0.1, -0.05) is 20.8 Å². The highest BCUT2D eigenvalue weighted by atomic mass is 15.2. The molecule has 0 saturated heterocycles. The number of hydrogen-bond donors (Lipinski definition) is 2. The van der Waals surface area contributed by atoms with Gasteiger partial charge in [0.1, 0.15) is 0 Å². The molecule has 1 unspecified atom stereocenters. The maximum absolute atomic E-state index is 5.49. The Morgan fingerprint density at radius 1 is 1.42 bits per heavy atom. The second kappa shape index (κ2) is 3.75. The Bertz CT molecular complexity index is 133. The summed E-state index contributed by atoms with van der Waals surface area (Å²) in [6.07, 6.45) is 5.24. The summed E-state index contributed by atoms with van der Waals surface area (Å²) in [5.41, 5.74) is 3.38. The van der Waals surface area contributed by atoms with Crippen LogP contribution in [0.15, 0.2) is 0 Å². The first-order valence-electron chi connectivity index (χ1n) is 4.99. The van der Waals surface area contributed by atoms with Crippen molar-refractivity contribution in [1.82, 2.24) is 5.43 Å². The minimum atomic E-state index is 0.448. The first-order chi connectivity index (χ1) is 5.53. The van der Waals surface area contributed by atoms with Crippen molar-refractivity contribution >= 4 is 0 Å². The fourth-order valence-electron chi connectivity index (χ4n) is 1.54. The van der Waals surface area contributed by atoms with E-state index >= 15 is 0 Å². The van der Waals surface area contributed by atoms with Crippen LogP contribution < -0.4 is 11.3 Å². The third-order valence-corrected chi connectivity index (χ3v) is 2.61. The minimum absolute atomic E-state index is 0.448. The van der Waals surface area contributed by atoms with Gasteiger partial charge in [0.25, 0.3) is 0 Å². The topological polar surface area (TPSA) is 38.0 Å². The van der Waals surface area contributed by atoms with Crippen LogP contribution in [0.5, 0.6) is 0 Å². The number of hydrazine groups is 1. The molecule has 3 N–H and O–H groups in total. The summed E-state index contributed by atoms with van der Waals surface area (Å²) in [4.78, 5) is 0. The van der Waals surface area contributed by atoms with Gasteiger partial charge in [0.2, 0.25) is 0 Å². The molecule has 1 saturated carbocycles. The van der Waals surface area contributed by atoms with Crippen molar-refractivity contribution in [1.29, 1.82) is 0 Å². The van der Waals surface area contributed by atoms with Crippen LogP contribution in [0.2, 0.25) is 0 Å². The van der Waals surface area contributed by atoms with Gasteiger partial charge in [0.15, 0.2) is 0 Å². The van der Waals surface area contributed by atoms with E-state index in [0.717, 1.165) is 5.92 Å². The third-order valence-electron chi connectivity index (χ3n) is 2.61. The van der Waals surface area contributed by atoms with Crippen molar-refractivity contribution in [2.45, 2.75) is 52.5 Å². The molecule has 0 aromatic rings. The molecule has 2 nitrogen and oxygen atoms in total. The second-order valence-electron chi connectivity index (χ2n) is 5.21. The van der Waals surface area contributed by atoms with Crippen LogP contribution in [0.4, 0.5) is 0 Å². The van der Waals surface area contributed by atoms with Crippen LogP contribution in [0.3, 0.4) is 0 Å². The van der Waals surface area contributed by atoms with E-state index in [0.29, 0.717) is 11.5 Å². The normalized spacial score (nSPS) is 21.0. The van der Waals surface area contributed by atoms with Gasteiger partial charge in [-0.15, -0.1) is 0 Å². The summed E-state index contributed by atoms with van der Waals surface area (Å²) in [6.45, 7) is 6.86. The first kappa shape index (κ1) is 10.0. The lowest BCUT2D eigenvalue weighted by molar-refractivity contribution is 0.318. The molecule has 0 bridgehead atoms. The summed E-state index contributed by atoms with van der Waals surface area (Å²) >= 11 is 0. The van der Waals surface area contributed by atoms with Crippen LogP contribution in [0.1, 0.15) is 46.5 Å². The summed E-state index contributed by atoms with van der Waals surface area (Å²) in [5, 5.41) is 0. The largest absolute Gasteiger partial charge is 0.271 e. The molecule has 1 atom stereocenters. The van der Waals surface area contributed by atoms with E-state index in [1.807, 2.05) is 0 Å². The third kappa shape index (κ3) is 3.55. The maximum atomic E-state index is 5.49. The smallest absolute Gasteiger partial charge is 0.0238 e. The fourth-order valence-corrected chi connectivity index (χ4v) is 1.54. The van der Waals surface area contributed by atoms with Crippen molar-refractivity contribution in [3.63, 3.8) is 0 Å². The summed E-state index contributed by atoms with van der Waals surface area (Å²) < 4.78 is 0. The van der Waals surface area contributed by atoms with Crippen molar-refractivity contribution < 1.29 is 0 Å². The molecule has 0 aromatic carbocycles. The van der Waals surface area contributed by atoms with Gasteiger partial charge in [-0.2, -0.15) is 0 Å². The van der Waals surface area contributed by atoms with Crippen LogP contribution >= 0.6 is 0 Å². The van der Waals surface area contributed by atoms with Gasteiger partial charge in [0.05, 0.1) is 0 Å². The lowest BCUT2D eigenvalue weighted by Gasteiger charge is -2.22. The van der Waals surface area contributed by atoms with Crippen molar-refractivity contribution in [3.05, 3.63) is 0 Å². The first-order valence-corrected chi connectivity index (χ1v) is 4.99. The van der Waals surface area contributed by atoms with Gasteiger partial charge in [0, 0.05) is 6.04 Å². The predicted octanol–water partition coefficient (Wildman–Crippen LogP) is 2.05. The van der Waals surface area contributed by atoms with Crippen molar-refractivity contribution in [2.75, 3.05) is 0 Å². The number of nitrogens with two attached hydrogens (primary N) is 1. The van der Waals surface area contributed by atoms with E-state index in [1.165, 1.54) is 25.7 Å². The van der Waals surface area contributed by atoms with E-state index in [4.69, 9.17) is 5.84 Å². The number of rotatable bonds is 4. The molecule has 1 rings (SSSR count). The SMILES string of the molecule is CC(C)(C)CCC(NN)C1CC1. The standard InChI is InChI=1S/C10H22N2/c1-10(2,3)7-6-9(12-11)8-4-5-8/h8-9,12H,4-7,11H2,1-3H3. The Labute approximate surface area is 75.9 Å². The van der Waals surface area contributed by atoms with Crippen LogP contribution in [0.25, 0.3) is 0 Å². The molecule has 0 radical (unpaired) electrons. The average Bonchev–Trinajstić information content (AvgIpc) is 2.70. The molecule has 2 heteroatoms. The Morgan fingerprint density at radius 2 is 2.00 bits per heavy atom. The molecule has 1 aliphatic carbocycles. The quantitative estimate of drug-likeness (QED) is 0.500. The van der Waals surface area contributed by atoms with E-state index < -0.39 is 0 Å². The second-order valence-corrected chi connectivity index (χ2v) is 5.21. The van der Waals surface area contributed by atoms with Crippen molar-refractivity contribution in [3.8, 4) is 0 Å². The molecule has 1 fully saturated rings. The molecule has 0 amide bonds. The van der Waals surface area contributed by atoms with E-state index in [1.54, 1.807) is 0 Å². The van der Waals surface area contributed by atoms with Gasteiger partial charge in [-0.3, -0.25) is 11.3 Å². The molecule has 0 spiro atoms. The molecule has 1 aliphatic rings. The zero-order valence-electron chi connectivity index (χ0n) is 8.56. The molecule has 0 aliphatic heterocycles. The van der Waals surface area contributed by atoms with Gasteiger partial charge in [-0.05, 0) is 37.0 Å². The molecule has 12 heavy (non-hydrogen) atoms. The molecule has 0 heterocycles. The molecule has 72 valence electrons. The zero-order chi connectivity index (χ0) is 9.19. The Hall–Kier alpha value is -0.0800. The Morgan fingerprint density at radius 3 is 2.33 bits per heavy atom. The lowest BCUT2D eigenvalue weighted by atomic mass is 9.88. The predicted molar refractivity (Wildman–Crippen MR) is 52.5 cm³/mol. The highest BCUT2D eigenvalue weighted by Gasteiger charge is 2.30. The molecular weight excluding hydrogens is 148 g/mol. The molecular formula is C10H22N2. The Balaban J connectivity index is 2.19. The number of hydrogen-bond acceptors (Lipinski definition) is 2. The molecule has 0 aromatic heterocycles. The van der Waals surface area contributed by atoms with Gasteiger partial charge < -0.3 is 0 Å². The van der Waals surface area contributed by atoms with Gasteiger partial charge >= 0.3 is 0 Å². The van der Waals surface area contributed by atoms with Gasteiger partial charge in [-0.25, -0.2) is 0 Å². The minimum Gasteiger partial charge on any atom is -0.271 e. The maximum Gasteiger partial charge on any atom is 0.0238 e. The average molecular weight is 170 g/mol. The fraction of sp³-hybridized carbons (Fsp3) is 1.00.